The highest BCUT2D eigenvalue weighted by Gasteiger charge is 2.14. The number of hydrogen-bond donors (Lipinski definition) is 1. The smallest absolute Gasteiger partial charge is 0.236 e. The molecule has 0 bridgehead atoms. The van der Waals surface area contributed by atoms with Crippen LogP contribution in [0, 0.1) is 6.92 Å². The number of anilines is 1. The first-order valence-corrected chi connectivity index (χ1v) is 10.4. The van der Waals surface area contributed by atoms with E-state index in [0.29, 0.717) is 10.3 Å². The molecule has 0 radical (unpaired) electrons. The Labute approximate surface area is 169 Å². The van der Waals surface area contributed by atoms with E-state index in [0.717, 1.165) is 22.5 Å². The molecule has 0 atom stereocenters. The van der Waals surface area contributed by atoms with Crippen molar-refractivity contribution in [3.05, 3.63) is 65.5 Å². The van der Waals surface area contributed by atoms with Crippen molar-refractivity contribution in [2.24, 2.45) is 0 Å². The lowest BCUT2D eigenvalue weighted by atomic mass is 10.2. The number of nitrogens with zero attached hydrogens (tertiary/aromatic N) is 5. The van der Waals surface area contributed by atoms with Gasteiger partial charge >= 0.3 is 0 Å². The molecule has 140 valence electrons. The van der Waals surface area contributed by atoms with Crippen LogP contribution in [-0.4, -0.2) is 36.9 Å². The van der Waals surface area contributed by atoms with Gasteiger partial charge in [-0.2, -0.15) is 4.68 Å². The third-order valence-corrected chi connectivity index (χ3v) is 5.61. The minimum Gasteiger partial charge on any atom is -0.301 e. The third-order valence-electron chi connectivity index (χ3n) is 3.94. The number of para-hydroxylation sites is 1. The first kappa shape index (κ1) is 18.3. The molecule has 0 aliphatic heterocycles. The summed E-state index contributed by atoms with van der Waals surface area (Å²) >= 11 is 2.68. The minimum absolute atomic E-state index is 0.154. The SMILES string of the molecule is Cc1ccccc1-n1nnnc1SCC(=O)Nc1nc(-c2ccccc2)cs1. The number of carbonyl (C=O) groups excluding carboxylic acids is 1. The van der Waals surface area contributed by atoms with Crippen molar-refractivity contribution in [3.8, 4) is 16.9 Å². The molecule has 9 heteroatoms. The number of aromatic nitrogens is 5. The highest BCUT2D eigenvalue weighted by atomic mass is 32.2. The van der Waals surface area contributed by atoms with E-state index in [-0.39, 0.29) is 11.7 Å². The predicted molar refractivity (Wildman–Crippen MR) is 111 cm³/mol. The third kappa shape index (κ3) is 4.10. The molecule has 0 saturated heterocycles. The molecule has 4 rings (SSSR count). The van der Waals surface area contributed by atoms with E-state index >= 15 is 0 Å². The number of amides is 1. The first-order chi connectivity index (χ1) is 13.7. The minimum atomic E-state index is -0.154. The normalized spacial score (nSPS) is 10.8. The Hall–Kier alpha value is -3.04. The summed E-state index contributed by atoms with van der Waals surface area (Å²) in [6.07, 6.45) is 0. The number of aryl methyl sites for hydroxylation is 1. The van der Waals surface area contributed by atoms with Crippen LogP contribution in [0.5, 0.6) is 0 Å². The summed E-state index contributed by atoms with van der Waals surface area (Å²) in [5.74, 6) is 0.0327. The van der Waals surface area contributed by atoms with Gasteiger partial charge in [0.25, 0.3) is 0 Å². The van der Waals surface area contributed by atoms with Crippen molar-refractivity contribution in [3.63, 3.8) is 0 Å². The molecule has 1 N–H and O–H groups in total. The number of benzene rings is 2. The summed E-state index contributed by atoms with van der Waals surface area (Å²) in [5, 5.41) is 17.7. The molecule has 2 heterocycles. The van der Waals surface area contributed by atoms with Crippen LogP contribution in [0.4, 0.5) is 5.13 Å². The Balaban J connectivity index is 1.39. The molecule has 0 unspecified atom stereocenters. The average Bonchev–Trinajstić information content (AvgIpc) is 3.37. The van der Waals surface area contributed by atoms with Gasteiger partial charge in [-0.15, -0.1) is 16.4 Å². The van der Waals surface area contributed by atoms with E-state index in [1.54, 1.807) is 4.68 Å². The number of thiazole rings is 1. The molecule has 0 saturated carbocycles. The van der Waals surface area contributed by atoms with Gasteiger partial charge in [-0.3, -0.25) is 4.79 Å². The van der Waals surface area contributed by atoms with E-state index in [4.69, 9.17) is 0 Å². The van der Waals surface area contributed by atoms with Crippen LogP contribution in [0.15, 0.2) is 65.1 Å². The van der Waals surface area contributed by atoms with Crippen LogP contribution in [0.1, 0.15) is 5.56 Å². The van der Waals surface area contributed by atoms with Crippen molar-refractivity contribution in [2.75, 3.05) is 11.1 Å². The van der Waals surface area contributed by atoms with Crippen LogP contribution in [-0.2, 0) is 4.79 Å². The zero-order valence-corrected chi connectivity index (χ0v) is 16.6. The van der Waals surface area contributed by atoms with Crippen LogP contribution >= 0.6 is 23.1 Å². The second-order valence-corrected chi connectivity index (χ2v) is 7.70. The van der Waals surface area contributed by atoms with Gasteiger partial charge in [0, 0.05) is 10.9 Å². The van der Waals surface area contributed by atoms with E-state index in [1.807, 2.05) is 66.9 Å². The van der Waals surface area contributed by atoms with Crippen LogP contribution in [0.2, 0.25) is 0 Å². The van der Waals surface area contributed by atoms with Crippen molar-refractivity contribution in [1.29, 1.82) is 0 Å². The topological polar surface area (TPSA) is 85.6 Å². The molecule has 0 spiro atoms. The van der Waals surface area contributed by atoms with Crippen molar-refractivity contribution in [2.45, 2.75) is 12.1 Å². The molecular formula is C19H16N6OS2. The summed E-state index contributed by atoms with van der Waals surface area (Å²) in [6, 6.07) is 17.7. The fraction of sp³-hybridized carbons (Fsp3) is 0.105. The Morgan fingerprint density at radius 1 is 1.14 bits per heavy atom. The second-order valence-electron chi connectivity index (χ2n) is 5.90. The van der Waals surface area contributed by atoms with Crippen LogP contribution in [0.3, 0.4) is 0 Å². The fourth-order valence-corrected chi connectivity index (χ4v) is 4.00. The van der Waals surface area contributed by atoms with Gasteiger partial charge in [-0.1, -0.05) is 60.3 Å². The summed E-state index contributed by atoms with van der Waals surface area (Å²) < 4.78 is 1.64. The largest absolute Gasteiger partial charge is 0.301 e. The van der Waals surface area contributed by atoms with Crippen molar-refractivity contribution >= 4 is 34.1 Å². The zero-order valence-electron chi connectivity index (χ0n) is 14.9. The number of hydrogen-bond acceptors (Lipinski definition) is 7. The molecule has 0 aliphatic carbocycles. The Kier molecular flexibility index (Phi) is 5.45. The van der Waals surface area contributed by atoms with Crippen molar-refractivity contribution in [1.82, 2.24) is 25.2 Å². The number of tetrazole rings is 1. The molecule has 1 amide bonds. The molecule has 4 aromatic rings. The molecule has 2 aromatic carbocycles. The quantitative estimate of drug-likeness (QED) is 0.488. The summed E-state index contributed by atoms with van der Waals surface area (Å²) in [5.41, 5.74) is 3.81. The fourth-order valence-electron chi connectivity index (χ4n) is 2.58. The van der Waals surface area contributed by atoms with Crippen LogP contribution in [0.25, 0.3) is 16.9 Å². The van der Waals surface area contributed by atoms with Crippen molar-refractivity contribution < 1.29 is 4.79 Å². The maximum Gasteiger partial charge on any atom is 0.236 e. The lowest BCUT2D eigenvalue weighted by molar-refractivity contribution is -0.113. The summed E-state index contributed by atoms with van der Waals surface area (Å²) in [7, 11) is 0. The Bertz CT molecular complexity index is 1090. The summed E-state index contributed by atoms with van der Waals surface area (Å²) in [4.78, 5) is 16.8. The van der Waals surface area contributed by atoms with E-state index in [1.165, 1.54) is 23.1 Å². The zero-order chi connectivity index (χ0) is 19.3. The van der Waals surface area contributed by atoms with Crippen LogP contribution < -0.4 is 5.32 Å². The number of rotatable bonds is 6. The van der Waals surface area contributed by atoms with Gasteiger partial charge < -0.3 is 5.32 Å². The summed E-state index contributed by atoms with van der Waals surface area (Å²) in [6.45, 7) is 1.99. The highest BCUT2D eigenvalue weighted by Crippen LogP contribution is 2.25. The maximum atomic E-state index is 12.3. The van der Waals surface area contributed by atoms with Gasteiger partial charge in [-0.25, -0.2) is 4.98 Å². The second kappa shape index (κ2) is 8.32. The van der Waals surface area contributed by atoms with E-state index < -0.39 is 0 Å². The molecule has 0 aliphatic rings. The van der Waals surface area contributed by atoms with Gasteiger partial charge in [0.1, 0.15) is 0 Å². The Morgan fingerprint density at radius 2 is 1.93 bits per heavy atom. The number of carbonyl (C=O) groups is 1. The van der Waals surface area contributed by atoms with Gasteiger partial charge in [0.2, 0.25) is 11.1 Å². The monoisotopic (exact) mass is 408 g/mol. The van der Waals surface area contributed by atoms with E-state index in [9.17, 15) is 4.79 Å². The number of nitrogens with one attached hydrogen (secondary N) is 1. The van der Waals surface area contributed by atoms with Gasteiger partial charge in [0.15, 0.2) is 5.13 Å². The lowest BCUT2D eigenvalue weighted by Gasteiger charge is -2.06. The number of thioether (sulfide) groups is 1. The maximum absolute atomic E-state index is 12.3. The lowest BCUT2D eigenvalue weighted by Crippen LogP contribution is -2.14. The molecule has 2 aromatic heterocycles. The molecule has 7 nitrogen and oxygen atoms in total. The average molecular weight is 409 g/mol. The van der Waals surface area contributed by atoms with E-state index in [2.05, 4.69) is 25.8 Å². The predicted octanol–water partition coefficient (Wildman–Crippen LogP) is 3.83. The molecular weight excluding hydrogens is 392 g/mol. The molecule has 28 heavy (non-hydrogen) atoms. The van der Waals surface area contributed by atoms with Gasteiger partial charge in [-0.05, 0) is 29.0 Å². The highest BCUT2D eigenvalue weighted by molar-refractivity contribution is 7.99. The van der Waals surface area contributed by atoms with Gasteiger partial charge in [0.05, 0.1) is 17.1 Å². The molecule has 0 fully saturated rings. The first-order valence-electron chi connectivity index (χ1n) is 8.49. The Morgan fingerprint density at radius 3 is 2.75 bits per heavy atom. The standard InChI is InChI=1S/C19H16N6OS2/c1-13-7-5-6-10-16(13)25-19(22-23-24-25)28-12-17(26)21-18-20-15(11-27-18)14-8-3-2-4-9-14/h2-11H,12H2,1H3,(H,20,21,26).